The van der Waals surface area contributed by atoms with Crippen LogP contribution in [0.4, 0.5) is 0 Å². The van der Waals surface area contributed by atoms with Gasteiger partial charge in [-0.1, -0.05) is 23.4 Å². The van der Waals surface area contributed by atoms with Gasteiger partial charge in [0, 0.05) is 31.4 Å². The summed E-state index contributed by atoms with van der Waals surface area (Å²) < 4.78 is 32.7. The molecule has 0 aliphatic carbocycles. The lowest BCUT2D eigenvalue weighted by atomic mass is 10.1. The monoisotopic (exact) mass is 384 g/mol. The lowest BCUT2D eigenvalue weighted by Gasteiger charge is -2.23. The van der Waals surface area contributed by atoms with Crippen LogP contribution in [-0.4, -0.2) is 40.4 Å². The molecule has 1 unspecified atom stereocenters. The maximum atomic E-state index is 12.9. The maximum Gasteiger partial charge on any atom is 0.259 e. The van der Waals surface area contributed by atoms with Crippen LogP contribution in [0.25, 0.3) is 11.5 Å². The summed E-state index contributed by atoms with van der Waals surface area (Å²) in [5.74, 6) is 1.01. The van der Waals surface area contributed by atoms with Crippen molar-refractivity contribution in [3.63, 3.8) is 0 Å². The standard InChI is InChI=1S/C19H20N4O3S/c24-27(25,17-8-2-1-3-9-17)23-13-5-7-16(23)10-11-18-21-19(26-22-18)15-6-4-12-20-14-15/h1-4,6,8-9,12,14,16H,5,7,10-11,13H2. The Labute approximate surface area is 158 Å². The van der Waals surface area contributed by atoms with Crippen LogP contribution < -0.4 is 0 Å². The van der Waals surface area contributed by atoms with Gasteiger partial charge in [0.05, 0.1) is 10.5 Å². The van der Waals surface area contributed by atoms with E-state index in [4.69, 9.17) is 4.52 Å². The summed E-state index contributed by atoms with van der Waals surface area (Å²) in [6.07, 6.45) is 6.29. The third kappa shape index (κ3) is 3.77. The van der Waals surface area contributed by atoms with Crippen LogP contribution in [0.3, 0.4) is 0 Å². The van der Waals surface area contributed by atoms with Gasteiger partial charge in [-0.15, -0.1) is 0 Å². The number of pyridine rings is 1. The van der Waals surface area contributed by atoms with Crippen LogP contribution in [-0.2, 0) is 16.4 Å². The largest absolute Gasteiger partial charge is 0.334 e. The van der Waals surface area contributed by atoms with Crippen molar-refractivity contribution in [1.29, 1.82) is 0 Å². The fourth-order valence-corrected chi connectivity index (χ4v) is 5.14. The molecule has 0 saturated carbocycles. The van der Waals surface area contributed by atoms with Gasteiger partial charge in [-0.3, -0.25) is 4.98 Å². The van der Waals surface area contributed by atoms with Gasteiger partial charge in [-0.25, -0.2) is 8.42 Å². The number of aromatic nitrogens is 3. The van der Waals surface area contributed by atoms with Gasteiger partial charge >= 0.3 is 0 Å². The highest BCUT2D eigenvalue weighted by Crippen LogP contribution is 2.28. The van der Waals surface area contributed by atoms with Crippen molar-refractivity contribution in [1.82, 2.24) is 19.4 Å². The molecule has 0 spiro atoms. The fourth-order valence-electron chi connectivity index (χ4n) is 3.40. The van der Waals surface area contributed by atoms with Crippen molar-refractivity contribution in [2.24, 2.45) is 0 Å². The molecule has 3 aromatic rings. The summed E-state index contributed by atoms with van der Waals surface area (Å²) in [6.45, 7) is 0.551. The molecule has 1 aliphatic heterocycles. The molecule has 1 fully saturated rings. The molecule has 0 N–H and O–H groups in total. The molecule has 1 atom stereocenters. The number of benzene rings is 1. The summed E-state index contributed by atoms with van der Waals surface area (Å²) >= 11 is 0. The minimum absolute atomic E-state index is 0.0458. The van der Waals surface area contributed by atoms with Gasteiger partial charge in [0.25, 0.3) is 5.89 Å². The van der Waals surface area contributed by atoms with Gasteiger partial charge in [0.1, 0.15) is 0 Å². The van der Waals surface area contributed by atoms with Crippen molar-refractivity contribution < 1.29 is 12.9 Å². The zero-order valence-corrected chi connectivity index (χ0v) is 15.5. The molecule has 1 aromatic carbocycles. The average molecular weight is 384 g/mol. The molecule has 0 bridgehead atoms. The van der Waals surface area contributed by atoms with Gasteiger partial charge < -0.3 is 4.52 Å². The summed E-state index contributed by atoms with van der Waals surface area (Å²) in [7, 11) is -3.47. The van der Waals surface area contributed by atoms with Crippen LogP contribution in [0.1, 0.15) is 25.1 Å². The highest BCUT2D eigenvalue weighted by atomic mass is 32.2. The fraction of sp³-hybridized carbons (Fsp3) is 0.316. The minimum atomic E-state index is -3.47. The lowest BCUT2D eigenvalue weighted by molar-refractivity contribution is 0.364. The average Bonchev–Trinajstić information content (AvgIpc) is 3.37. The molecule has 7 nitrogen and oxygen atoms in total. The van der Waals surface area contributed by atoms with Crippen LogP contribution in [0.2, 0.25) is 0 Å². The molecule has 27 heavy (non-hydrogen) atoms. The molecule has 140 valence electrons. The summed E-state index contributed by atoms with van der Waals surface area (Å²) in [6, 6.07) is 12.2. The van der Waals surface area contributed by atoms with Gasteiger partial charge in [-0.2, -0.15) is 9.29 Å². The van der Waals surface area contributed by atoms with Gasteiger partial charge in [0.15, 0.2) is 5.82 Å². The number of nitrogens with zero attached hydrogens (tertiary/aromatic N) is 4. The normalized spacial score (nSPS) is 18.0. The molecule has 0 amide bonds. The van der Waals surface area contributed by atoms with E-state index in [1.807, 2.05) is 18.2 Å². The second-order valence-corrected chi connectivity index (χ2v) is 8.41. The zero-order valence-electron chi connectivity index (χ0n) is 14.7. The molecule has 0 radical (unpaired) electrons. The van der Waals surface area contributed by atoms with Crippen LogP contribution in [0.15, 0.2) is 64.3 Å². The second-order valence-electron chi connectivity index (χ2n) is 6.52. The van der Waals surface area contributed by atoms with Crippen LogP contribution in [0, 0.1) is 0 Å². The Balaban J connectivity index is 1.45. The van der Waals surface area contributed by atoms with Crippen molar-refractivity contribution >= 4 is 10.0 Å². The number of hydrogen-bond donors (Lipinski definition) is 0. The maximum absolute atomic E-state index is 12.9. The van der Waals surface area contributed by atoms with E-state index in [9.17, 15) is 8.42 Å². The van der Waals surface area contributed by atoms with Gasteiger partial charge in [0.2, 0.25) is 10.0 Å². The number of rotatable bonds is 6. The van der Waals surface area contributed by atoms with E-state index in [2.05, 4.69) is 15.1 Å². The highest BCUT2D eigenvalue weighted by Gasteiger charge is 2.35. The molecule has 1 aliphatic rings. The predicted octanol–water partition coefficient (Wildman–Crippen LogP) is 2.92. The van der Waals surface area contributed by atoms with Crippen molar-refractivity contribution in [2.45, 2.75) is 36.6 Å². The van der Waals surface area contributed by atoms with E-state index in [0.29, 0.717) is 36.0 Å². The SMILES string of the molecule is O=S(=O)(c1ccccc1)N1CCCC1CCc1noc(-c2cccnc2)n1. The third-order valence-electron chi connectivity index (χ3n) is 4.75. The third-order valence-corrected chi connectivity index (χ3v) is 6.72. The molecule has 8 heteroatoms. The van der Waals surface area contributed by atoms with Crippen molar-refractivity contribution in [3.05, 3.63) is 60.7 Å². The summed E-state index contributed by atoms with van der Waals surface area (Å²) in [4.78, 5) is 8.79. The zero-order chi connectivity index (χ0) is 18.7. The molecule has 2 aromatic heterocycles. The summed E-state index contributed by atoms with van der Waals surface area (Å²) in [5.41, 5.74) is 0.769. The number of hydrogen-bond acceptors (Lipinski definition) is 6. The first-order valence-corrected chi connectivity index (χ1v) is 10.4. The number of sulfonamides is 1. The second kappa shape index (κ2) is 7.58. The van der Waals surface area contributed by atoms with Gasteiger partial charge in [-0.05, 0) is 43.5 Å². The van der Waals surface area contributed by atoms with E-state index in [1.165, 1.54) is 0 Å². The van der Waals surface area contributed by atoms with E-state index in [0.717, 1.165) is 18.4 Å². The number of aryl methyl sites for hydroxylation is 1. The van der Waals surface area contributed by atoms with Crippen molar-refractivity contribution in [3.8, 4) is 11.5 Å². The van der Waals surface area contributed by atoms with Crippen LogP contribution in [0.5, 0.6) is 0 Å². The first-order chi connectivity index (χ1) is 13.1. The van der Waals surface area contributed by atoms with Crippen molar-refractivity contribution in [2.75, 3.05) is 6.54 Å². The van der Waals surface area contributed by atoms with E-state index in [1.54, 1.807) is 41.0 Å². The van der Waals surface area contributed by atoms with E-state index in [-0.39, 0.29) is 6.04 Å². The minimum Gasteiger partial charge on any atom is -0.334 e. The molecular formula is C19H20N4O3S. The molecular weight excluding hydrogens is 364 g/mol. The highest BCUT2D eigenvalue weighted by molar-refractivity contribution is 7.89. The first kappa shape index (κ1) is 17.8. The van der Waals surface area contributed by atoms with E-state index < -0.39 is 10.0 Å². The first-order valence-electron chi connectivity index (χ1n) is 8.94. The predicted molar refractivity (Wildman–Crippen MR) is 99.2 cm³/mol. The Hall–Kier alpha value is -2.58. The Morgan fingerprint density at radius 1 is 1.15 bits per heavy atom. The smallest absolute Gasteiger partial charge is 0.259 e. The molecule has 4 rings (SSSR count). The Morgan fingerprint density at radius 2 is 2.00 bits per heavy atom. The quantitative estimate of drug-likeness (QED) is 0.649. The summed E-state index contributed by atoms with van der Waals surface area (Å²) in [5, 5.41) is 4.02. The Kier molecular flexibility index (Phi) is 5.00. The lowest BCUT2D eigenvalue weighted by Crippen LogP contribution is -2.35. The topological polar surface area (TPSA) is 89.2 Å². The molecule has 3 heterocycles. The van der Waals surface area contributed by atoms with Crippen LogP contribution >= 0.6 is 0 Å². The Morgan fingerprint density at radius 3 is 2.78 bits per heavy atom. The van der Waals surface area contributed by atoms with E-state index >= 15 is 0 Å². The Bertz CT molecular complexity index is 990. The molecule has 1 saturated heterocycles.